The van der Waals surface area contributed by atoms with Gasteiger partial charge in [-0.3, -0.25) is 0 Å². The highest BCUT2D eigenvalue weighted by Crippen LogP contribution is 2.43. The predicted molar refractivity (Wildman–Crippen MR) is 89.6 cm³/mol. The van der Waals surface area contributed by atoms with E-state index in [0.29, 0.717) is 0 Å². The summed E-state index contributed by atoms with van der Waals surface area (Å²) in [5, 5.41) is 0. The third-order valence-electron chi connectivity index (χ3n) is 3.55. The molecule has 1 unspecified atom stereocenters. The number of fused-ring (bicyclic) bond motifs is 1. The fourth-order valence-corrected chi connectivity index (χ4v) is 4.05. The van der Waals surface area contributed by atoms with E-state index in [2.05, 4.69) is 55.7 Å². The molecule has 2 aromatic rings. The van der Waals surface area contributed by atoms with Gasteiger partial charge in [-0.15, -0.1) is 0 Å². The highest BCUT2D eigenvalue weighted by molar-refractivity contribution is 6.69. The van der Waals surface area contributed by atoms with E-state index >= 15 is 0 Å². The van der Waals surface area contributed by atoms with Gasteiger partial charge < -0.3 is 4.43 Å². The van der Waals surface area contributed by atoms with Crippen LogP contribution in [0.15, 0.2) is 54.6 Å². The molecule has 0 spiro atoms. The molecule has 3 rings (SSSR count). The Bertz CT molecular complexity index is 704. The molecule has 0 aromatic heterocycles. The number of hydrogen-bond donors (Lipinski definition) is 0. The molecule has 0 saturated heterocycles. The van der Waals surface area contributed by atoms with E-state index in [1.807, 2.05) is 30.3 Å². The molecule has 1 atom stereocenters. The maximum absolute atomic E-state index is 6.47. The molecule has 0 aliphatic heterocycles. The van der Waals surface area contributed by atoms with Gasteiger partial charge in [0.2, 0.25) is 0 Å². The maximum Gasteiger partial charge on any atom is 0.186 e. The Morgan fingerprint density at radius 3 is 2.29 bits per heavy atom. The van der Waals surface area contributed by atoms with Crippen molar-refractivity contribution in [1.29, 1.82) is 0 Å². The van der Waals surface area contributed by atoms with Gasteiger partial charge >= 0.3 is 0 Å². The van der Waals surface area contributed by atoms with E-state index in [4.69, 9.17) is 4.43 Å². The average Bonchev–Trinajstić information content (AvgIpc) is 2.43. The van der Waals surface area contributed by atoms with Crippen LogP contribution in [0.1, 0.15) is 16.7 Å². The topological polar surface area (TPSA) is 9.23 Å². The normalized spacial score (nSPS) is 20.0. The van der Waals surface area contributed by atoms with E-state index in [0.717, 1.165) is 12.0 Å². The third kappa shape index (κ3) is 2.95. The first-order chi connectivity index (χ1) is 9.99. The molecule has 0 fully saturated rings. The summed E-state index contributed by atoms with van der Waals surface area (Å²) in [7, 11) is -1.67. The standard InChI is InChI=1S/C19H20OSi/c1-21(2,3)20-19(14-13-16-9-5-4-6-10-16)15-17-11-7-8-12-18(17)19/h4-12H,15H2,1-3H3. The minimum atomic E-state index is -1.67. The van der Waals surface area contributed by atoms with Crippen molar-refractivity contribution in [1.82, 2.24) is 0 Å². The van der Waals surface area contributed by atoms with Gasteiger partial charge in [-0.05, 0) is 42.9 Å². The molecule has 1 aliphatic carbocycles. The first-order valence-electron chi connectivity index (χ1n) is 7.35. The lowest BCUT2D eigenvalue weighted by Gasteiger charge is -2.43. The quantitative estimate of drug-likeness (QED) is 0.591. The Kier molecular flexibility index (Phi) is 3.48. The van der Waals surface area contributed by atoms with Crippen LogP contribution in [0, 0.1) is 11.8 Å². The summed E-state index contributed by atoms with van der Waals surface area (Å²) < 4.78 is 6.47. The predicted octanol–water partition coefficient (Wildman–Crippen LogP) is 4.34. The van der Waals surface area contributed by atoms with Gasteiger partial charge in [-0.1, -0.05) is 54.3 Å². The molecule has 0 radical (unpaired) electrons. The zero-order valence-corrected chi connectivity index (χ0v) is 13.8. The molecular weight excluding hydrogens is 272 g/mol. The second kappa shape index (κ2) is 5.18. The molecule has 21 heavy (non-hydrogen) atoms. The smallest absolute Gasteiger partial charge is 0.186 e. The van der Waals surface area contributed by atoms with Gasteiger partial charge in [0.25, 0.3) is 0 Å². The van der Waals surface area contributed by atoms with Gasteiger partial charge in [-0.25, -0.2) is 0 Å². The number of rotatable bonds is 2. The minimum absolute atomic E-state index is 0.406. The van der Waals surface area contributed by atoms with E-state index in [-0.39, 0.29) is 0 Å². The summed E-state index contributed by atoms with van der Waals surface area (Å²) in [5.41, 5.74) is 3.24. The Labute approximate surface area is 128 Å². The summed E-state index contributed by atoms with van der Waals surface area (Å²) >= 11 is 0. The van der Waals surface area contributed by atoms with Crippen molar-refractivity contribution in [2.75, 3.05) is 0 Å². The number of hydrogen-bond acceptors (Lipinski definition) is 1. The summed E-state index contributed by atoms with van der Waals surface area (Å²) in [5.74, 6) is 6.72. The molecule has 2 aromatic carbocycles. The Morgan fingerprint density at radius 1 is 0.952 bits per heavy atom. The van der Waals surface area contributed by atoms with Gasteiger partial charge in [0, 0.05) is 12.0 Å². The highest BCUT2D eigenvalue weighted by Gasteiger charge is 2.45. The third-order valence-corrected chi connectivity index (χ3v) is 4.52. The monoisotopic (exact) mass is 292 g/mol. The van der Waals surface area contributed by atoms with Crippen molar-refractivity contribution in [3.63, 3.8) is 0 Å². The maximum atomic E-state index is 6.47. The molecular formula is C19H20OSi. The number of benzene rings is 2. The van der Waals surface area contributed by atoms with Crippen LogP contribution in [0.2, 0.25) is 19.6 Å². The van der Waals surface area contributed by atoms with Crippen LogP contribution < -0.4 is 0 Å². The molecule has 0 saturated carbocycles. The van der Waals surface area contributed by atoms with Crippen molar-refractivity contribution in [3.8, 4) is 11.8 Å². The van der Waals surface area contributed by atoms with Crippen LogP contribution in [0.25, 0.3) is 0 Å². The Balaban J connectivity index is 1.99. The highest BCUT2D eigenvalue weighted by atomic mass is 28.4. The lowest BCUT2D eigenvalue weighted by molar-refractivity contribution is 0.0963. The van der Waals surface area contributed by atoms with Crippen molar-refractivity contribution in [3.05, 3.63) is 71.3 Å². The second-order valence-electron chi connectivity index (χ2n) is 6.49. The minimum Gasteiger partial charge on any atom is -0.398 e. The van der Waals surface area contributed by atoms with Gasteiger partial charge in [0.05, 0.1) is 0 Å². The molecule has 0 N–H and O–H groups in total. The zero-order valence-electron chi connectivity index (χ0n) is 12.8. The summed E-state index contributed by atoms with van der Waals surface area (Å²) in [6.45, 7) is 6.67. The zero-order chi connectivity index (χ0) is 14.9. The van der Waals surface area contributed by atoms with Crippen molar-refractivity contribution in [2.24, 2.45) is 0 Å². The first-order valence-corrected chi connectivity index (χ1v) is 10.8. The molecule has 1 aliphatic rings. The van der Waals surface area contributed by atoms with Crippen LogP contribution in [-0.2, 0) is 16.4 Å². The second-order valence-corrected chi connectivity index (χ2v) is 10.9. The van der Waals surface area contributed by atoms with E-state index < -0.39 is 13.9 Å². The molecule has 106 valence electrons. The lowest BCUT2D eigenvalue weighted by Crippen LogP contribution is -2.47. The van der Waals surface area contributed by atoms with Crippen molar-refractivity contribution in [2.45, 2.75) is 31.7 Å². The molecule has 0 amide bonds. The SMILES string of the molecule is C[Si](C)(C)OC1(C#Cc2ccccc2)Cc2ccccc21. The fraction of sp³-hybridized carbons (Fsp3) is 0.263. The first kappa shape index (κ1) is 14.1. The van der Waals surface area contributed by atoms with E-state index in [1.54, 1.807) is 0 Å². The molecule has 2 heteroatoms. The summed E-state index contributed by atoms with van der Waals surface area (Å²) in [4.78, 5) is 0. The molecule has 1 nitrogen and oxygen atoms in total. The lowest BCUT2D eigenvalue weighted by atomic mass is 9.74. The van der Waals surface area contributed by atoms with Crippen LogP contribution in [-0.4, -0.2) is 8.32 Å². The largest absolute Gasteiger partial charge is 0.398 e. The van der Waals surface area contributed by atoms with E-state index in [1.165, 1.54) is 11.1 Å². The Morgan fingerprint density at radius 2 is 1.62 bits per heavy atom. The van der Waals surface area contributed by atoms with Crippen LogP contribution >= 0.6 is 0 Å². The molecule has 0 heterocycles. The Hall–Kier alpha value is -1.82. The van der Waals surface area contributed by atoms with Crippen LogP contribution in [0.5, 0.6) is 0 Å². The van der Waals surface area contributed by atoms with Gasteiger partial charge in [-0.2, -0.15) is 0 Å². The average molecular weight is 292 g/mol. The van der Waals surface area contributed by atoms with Crippen LogP contribution in [0.4, 0.5) is 0 Å². The van der Waals surface area contributed by atoms with E-state index in [9.17, 15) is 0 Å². The summed E-state index contributed by atoms with van der Waals surface area (Å²) in [6.07, 6.45) is 0.896. The fourth-order valence-electron chi connectivity index (χ4n) is 2.77. The van der Waals surface area contributed by atoms with Gasteiger partial charge in [0.15, 0.2) is 8.32 Å². The molecule has 0 bridgehead atoms. The van der Waals surface area contributed by atoms with Crippen molar-refractivity contribution >= 4 is 8.32 Å². The van der Waals surface area contributed by atoms with Crippen LogP contribution in [0.3, 0.4) is 0 Å². The van der Waals surface area contributed by atoms with Crippen molar-refractivity contribution < 1.29 is 4.43 Å². The van der Waals surface area contributed by atoms with Gasteiger partial charge in [0.1, 0.15) is 5.60 Å². The summed E-state index contributed by atoms with van der Waals surface area (Å²) in [6, 6.07) is 18.6.